The summed E-state index contributed by atoms with van der Waals surface area (Å²) in [6.45, 7) is 5.78. The highest BCUT2D eigenvalue weighted by atomic mass is 16.5. The van der Waals surface area contributed by atoms with Gasteiger partial charge in [0.2, 0.25) is 0 Å². The van der Waals surface area contributed by atoms with E-state index in [1.165, 1.54) is 4.90 Å². The van der Waals surface area contributed by atoms with Gasteiger partial charge in [0.15, 0.2) is 0 Å². The number of nitrogens with zero attached hydrogens (tertiary/aromatic N) is 1. The zero-order chi connectivity index (χ0) is 14.6. The summed E-state index contributed by atoms with van der Waals surface area (Å²) in [7, 11) is 1.61. The van der Waals surface area contributed by atoms with Gasteiger partial charge in [-0.1, -0.05) is 6.92 Å². The van der Waals surface area contributed by atoms with Crippen molar-refractivity contribution in [1.29, 1.82) is 0 Å². The van der Waals surface area contributed by atoms with Crippen molar-refractivity contribution < 1.29 is 19.4 Å². The van der Waals surface area contributed by atoms with Crippen LogP contribution in [0.5, 0.6) is 0 Å². The summed E-state index contributed by atoms with van der Waals surface area (Å²) in [5.41, 5.74) is 0. The number of rotatable bonds is 6. The van der Waals surface area contributed by atoms with E-state index >= 15 is 0 Å². The van der Waals surface area contributed by atoms with Gasteiger partial charge >= 0.3 is 12.0 Å². The second-order valence-electron chi connectivity index (χ2n) is 5.54. The molecule has 0 saturated heterocycles. The van der Waals surface area contributed by atoms with E-state index in [-0.39, 0.29) is 30.8 Å². The number of nitrogens with one attached hydrogen (secondary N) is 1. The fourth-order valence-corrected chi connectivity index (χ4v) is 2.04. The van der Waals surface area contributed by atoms with Crippen LogP contribution in [0.15, 0.2) is 0 Å². The number of carbonyl (C=O) groups excluding carboxylic acids is 1. The maximum Gasteiger partial charge on any atom is 0.317 e. The summed E-state index contributed by atoms with van der Waals surface area (Å²) in [5.74, 6) is -1.46. The predicted molar refractivity (Wildman–Crippen MR) is 71.0 cm³/mol. The largest absolute Gasteiger partial charge is 0.481 e. The standard InChI is InChI=1S/C13H24N2O4/c1-8(2)19-11-5-10(6-11)14-13(18)15(4)7-9(3)12(16)17/h8-11H,5-7H2,1-4H3,(H,14,18)(H,16,17). The van der Waals surface area contributed by atoms with Gasteiger partial charge in [0, 0.05) is 19.6 Å². The van der Waals surface area contributed by atoms with Gasteiger partial charge in [0.25, 0.3) is 0 Å². The van der Waals surface area contributed by atoms with Crippen molar-refractivity contribution in [1.82, 2.24) is 10.2 Å². The van der Waals surface area contributed by atoms with Crippen molar-refractivity contribution in [3.05, 3.63) is 0 Å². The third-order valence-electron chi connectivity index (χ3n) is 3.20. The van der Waals surface area contributed by atoms with Gasteiger partial charge in [0.05, 0.1) is 18.1 Å². The number of carboxylic acids is 1. The summed E-state index contributed by atoms with van der Waals surface area (Å²) in [5, 5.41) is 11.7. The molecular formula is C13H24N2O4. The Morgan fingerprint density at radius 3 is 2.42 bits per heavy atom. The Labute approximate surface area is 114 Å². The highest BCUT2D eigenvalue weighted by Crippen LogP contribution is 2.24. The maximum atomic E-state index is 11.8. The minimum atomic E-state index is -0.895. The van der Waals surface area contributed by atoms with E-state index in [0.717, 1.165) is 12.8 Å². The van der Waals surface area contributed by atoms with Gasteiger partial charge in [0.1, 0.15) is 0 Å². The van der Waals surface area contributed by atoms with Gasteiger partial charge in [-0.05, 0) is 26.7 Å². The maximum absolute atomic E-state index is 11.8. The van der Waals surface area contributed by atoms with Crippen LogP contribution in [-0.4, -0.2) is 53.8 Å². The molecule has 6 heteroatoms. The first-order valence-electron chi connectivity index (χ1n) is 6.69. The molecule has 110 valence electrons. The molecule has 1 atom stereocenters. The minimum Gasteiger partial charge on any atom is -0.481 e. The molecule has 1 saturated carbocycles. The molecule has 0 spiro atoms. The number of ether oxygens (including phenoxy) is 1. The molecule has 0 aromatic rings. The molecule has 0 heterocycles. The van der Waals surface area contributed by atoms with Gasteiger partial charge in [-0.3, -0.25) is 4.79 Å². The van der Waals surface area contributed by atoms with E-state index in [1.807, 2.05) is 13.8 Å². The van der Waals surface area contributed by atoms with Crippen LogP contribution in [0.2, 0.25) is 0 Å². The molecule has 6 nitrogen and oxygen atoms in total. The Hall–Kier alpha value is -1.30. The van der Waals surface area contributed by atoms with E-state index in [2.05, 4.69) is 5.32 Å². The fraction of sp³-hybridized carbons (Fsp3) is 0.846. The minimum absolute atomic E-state index is 0.138. The summed E-state index contributed by atoms with van der Waals surface area (Å²) < 4.78 is 5.61. The number of urea groups is 1. The molecule has 1 unspecified atom stereocenters. The molecule has 2 amide bonds. The van der Waals surface area contributed by atoms with Crippen LogP contribution in [0.4, 0.5) is 4.79 Å². The number of aliphatic carboxylic acids is 1. The van der Waals surface area contributed by atoms with Crippen molar-refractivity contribution >= 4 is 12.0 Å². The second-order valence-corrected chi connectivity index (χ2v) is 5.54. The highest BCUT2D eigenvalue weighted by molar-refractivity contribution is 5.76. The zero-order valence-corrected chi connectivity index (χ0v) is 12.0. The summed E-state index contributed by atoms with van der Waals surface area (Å²) >= 11 is 0. The van der Waals surface area contributed by atoms with E-state index in [1.54, 1.807) is 14.0 Å². The Morgan fingerprint density at radius 2 is 1.95 bits per heavy atom. The van der Waals surface area contributed by atoms with E-state index in [0.29, 0.717) is 0 Å². The van der Waals surface area contributed by atoms with Crippen LogP contribution in [0.3, 0.4) is 0 Å². The molecule has 1 fully saturated rings. The van der Waals surface area contributed by atoms with E-state index in [9.17, 15) is 9.59 Å². The lowest BCUT2D eigenvalue weighted by molar-refractivity contribution is -0.141. The Bertz CT molecular complexity index is 327. The molecule has 0 aromatic carbocycles. The van der Waals surface area contributed by atoms with Crippen molar-refractivity contribution in [3.8, 4) is 0 Å². The molecule has 2 N–H and O–H groups in total. The van der Waals surface area contributed by atoms with Gasteiger partial charge in [-0.25, -0.2) is 4.79 Å². The number of amides is 2. The lowest BCUT2D eigenvalue weighted by Crippen LogP contribution is -2.52. The number of hydrogen-bond donors (Lipinski definition) is 2. The summed E-state index contributed by atoms with van der Waals surface area (Å²) in [4.78, 5) is 23.9. The van der Waals surface area contributed by atoms with Crippen LogP contribution < -0.4 is 5.32 Å². The average molecular weight is 272 g/mol. The van der Waals surface area contributed by atoms with E-state index < -0.39 is 11.9 Å². The number of carbonyl (C=O) groups is 2. The number of carboxylic acid groups (broad SMARTS) is 1. The van der Waals surface area contributed by atoms with Crippen molar-refractivity contribution in [2.24, 2.45) is 5.92 Å². The quantitative estimate of drug-likeness (QED) is 0.764. The molecule has 0 aromatic heterocycles. The SMILES string of the molecule is CC(C)OC1CC(NC(=O)N(C)CC(C)C(=O)O)C1. The van der Waals surface area contributed by atoms with Crippen molar-refractivity contribution in [3.63, 3.8) is 0 Å². The van der Waals surface area contributed by atoms with Gasteiger partial charge < -0.3 is 20.1 Å². The van der Waals surface area contributed by atoms with Gasteiger partial charge in [-0.2, -0.15) is 0 Å². The molecule has 0 radical (unpaired) electrons. The van der Waals surface area contributed by atoms with Gasteiger partial charge in [-0.15, -0.1) is 0 Å². The topological polar surface area (TPSA) is 78.9 Å². The monoisotopic (exact) mass is 272 g/mol. The highest BCUT2D eigenvalue weighted by Gasteiger charge is 2.32. The first-order valence-corrected chi connectivity index (χ1v) is 6.69. The molecule has 1 rings (SSSR count). The Morgan fingerprint density at radius 1 is 1.37 bits per heavy atom. The molecule has 19 heavy (non-hydrogen) atoms. The normalized spacial score (nSPS) is 23.6. The predicted octanol–water partition coefficient (Wildman–Crippen LogP) is 1.30. The first kappa shape index (κ1) is 15.8. The Kier molecular flexibility index (Phi) is 5.60. The van der Waals surface area contributed by atoms with Crippen molar-refractivity contribution in [2.45, 2.75) is 51.9 Å². The first-order chi connectivity index (χ1) is 8.79. The van der Waals surface area contributed by atoms with Crippen LogP contribution in [0.1, 0.15) is 33.6 Å². The lowest BCUT2D eigenvalue weighted by Gasteiger charge is -2.37. The average Bonchev–Trinajstić information content (AvgIpc) is 2.24. The smallest absolute Gasteiger partial charge is 0.317 e. The number of hydrogen-bond acceptors (Lipinski definition) is 3. The van der Waals surface area contributed by atoms with Crippen LogP contribution >= 0.6 is 0 Å². The zero-order valence-electron chi connectivity index (χ0n) is 12.0. The third-order valence-corrected chi connectivity index (χ3v) is 3.20. The Balaban J connectivity index is 2.23. The fourth-order valence-electron chi connectivity index (χ4n) is 2.04. The molecular weight excluding hydrogens is 248 g/mol. The molecule has 1 aliphatic rings. The molecule has 0 aliphatic heterocycles. The van der Waals surface area contributed by atoms with Crippen molar-refractivity contribution in [2.75, 3.05) is 13.6 Å². The molecule has 1 aliphatic carbocycles. The van der Waals surface area contributed by atoms with E-state index in [4.69, 9.17) is 9.84 Å². The molecule has 0 bridgehead atoms. The lowest BCUT2D eigenvalue weighted by atomic mass is 9.89. The van der Waals surface area contributed by atoms with Crippen LogP contribution in [-0.2, 0) is 9.53 Å². The second kappa shape index (κ2) is 6.75. The summed E-state index contributed by atoms with van der Waals surface area (Å²) in [6, 6.07) is -0.0834. The van der Waals surface area contributed by atoms with Crippen LogP contribution in [0, 0.1) is 5.92 Å². The van der Waals surface area contributed by atoms with Crippen LogP contribution in [0.25, 0.3) is 0 Å². The third kappa shape index (κ3) is 5.06. The summed E-state index contributed by atoms with van der Waals surface area (Å²) in [6.07, 6.45) is 2.09.